The summed E-state index contributed by atoms with van der Waals surface area (Å²) < 4.78 is 4.75. The van der Waals surface area contributed by atoms with Crippen LogP contribution in [0.15, 0.2) is 21.3 Å². The predicted octanol–water partition coefficient (Wildman–Crippen LogP) is 1.26. The summed E-state index contributed by atoms with van der Waals surface area (Å²) in [5, 5.41) is 0. The highest BCUT2D eigenvalue weighted by Crippen LogP contribution is 1.99. The van der Waals surface area contributed by atoms with Gasteiger partial charge in [-0.15, -0.1) is 0 Å². The summed E-state index contributed by atoms with van der Waals surface area (Å²) in [4.78, 5) is 10.5. The second-order valence-corrected chi connectivity index (χ2v) is 1.99. The van der Waals surface area contributed by atoms with E-state index in [0.717, 1.165) is 5.56 Å². The summed E-state index contributed by atoms with van der Waals surface area (Å²) >= 11 is 0. The first-order valence-corrected chi connectivity index (χ1v) is 2.77. The lowest BCUT2D eigenvalue weighted by atomic mass is 10.3. The molecule has 1 aromatic heterocycles. The fourth-order valence-electron chi connectivity index (χ4n) is 0.576. The molecule has 0 spiro atoms. The quantitative estimate of drug-likeness (QED) is 0.521. The molecule has 0 atom stereocenters. The molecule has 0 aliphatic rings. The first kappa shape index (κ1) is 6.08. The van der Waals surface area contributed by atoms with E-state index in [0.29, 0.717) is 5.76 Å². The second-order valence-electron chi connectivity index (χ2n) is 1.99. The van der Waals surface area contributed by atoms with E-state index in [9.17, 15) is 4.79 Å². The van der Waals surface area contributed by atoms with Crippen molar-refractivity contribution in [3.63, 3.8) is 0 Å². The fraction of sp³-hybridized carbons (Fsp3) is 0.286. The van der Waals surface area contributed by atoms with Crippen molar-refractivity contribution in [2.24, 2.45) is 0 Å². The van der Waals surface area contributed by atoms with E-state index in [-0.39, 0.29) is 5.63 Å². The van der Waals surface area contributed by atoms with Gasteiger partial charge in [0.1, 0.15) is 5.76 Å². The molecule has 0 unspecified atom stereocenters. The van der Waals surface area contributed by atoms with Gasteiger partial charge < -0.3 is 4.42 Å². The van der Waals surface area contributed by atoms with Gasteiger partial charge in [-0.05, 0) is 25.5 Å². The molecule has 0 radical (unpaired) electrons. The molecule has 0 aliphatic carbocycles. The molecule has 0 aromatic carbocycles. The average molecular weight is 124 g/mol. The predicted molar refractivity (Wildman–Crippen MR) is 34.5 cm³/mol. The van der Waals surface area contributed by atoms with Crippen molar-refractivity contribution in [2.75, 3.05) is 0 Å². The van der Waals surface area contributed by atoms with Crippen LogP contribution in [0.5, 0.6) is 0 Å². The molecular weight excluding hydrogens is 116 g/mol. The summed E-state index contributed by atoms with van der Waals surface area (Å²) in [5.41, 5.74) is 0.729. The molecule has 0 fully saturated rings. The third-order valence-electron chi connectivity index (χ3n) is 1.28. The van der Waals surface area contributed by atoms with Crippen molar-refractivity contribution in [1.82, 2.24) is 0 Å². The van der Waals surface area contributed by atoms with Crippen LogP contribution >= 0.6 is 0 Å². The van der Waals surface area contributed by atoms with Gasteiger partial charge in [0, 0.05) is 6.07 Å². The lowest BCUT2D eigenvalue weighted by Crippen LogP contribution is -1.97. The maximum absolute atomic E-state index is 10.5. The molecule has 0 saturated carbocycles. The number of hydrogen-bond acceptors (Lipinski definition) is 2. The lowest BCUT2D eigenvalue weighted by molar-refractivity contribution is 0.475. The summed E-state index contributed by atoms with van der Waals surface area (Å²) in [6.07, 6.45) is 0. The molecule has 1 aromatic rings. The molecular formula is C7H8O2. The van der Waals surface area contributed by atoms with E-state index >= 15 is 0 Å². The zero-order valence-corrected chi connectivity index (χ0v) is 5.47. The third-order valence-corrected chi connectivity index (χ3v) is 1.28. The van der Waals surface area contributed by atoms with Gasteiger partial charge in [-0.1, -0.05) is 0 Å². The number of aryl methyl sites for hydroxylation is 2. The fourth-order valence-corrected chi connectivity index (χ4v) is 0.576. The zero-order chi connectivity index (χ0) is 6.85. The van der Waals surface area contributed by atoms with Crippen LogP contribution in [0.25, 0.3) is 0 Å². The molecule has 1 rings (SSSR count). The van der Waals surface area contributed by atoms with Crippen molar-refractivity contribution < 1.29 is 4.42 Å². The Kier molecular flexibility index (Phi) is 1.39. The van der Waals surface area contributed by atoms with E-state index in [1.165, 1.54) is 6.07 Å². The Bertz CT molecular complexity index is 260. The summed E-state index contributed by atoms with van der Waals surface area (Å²) in [6, 6.07) is 3.17. The van der Waals surface area contributed by atoms with E-state index in [1.807, 2.05) is 6.92 Å². The Morgan fingerprint density at radius 2 is 2.00 bits per heavy atom. The second kappa shape index (κ2) is 2.05. The Labute approximate surface area is 53.1 Å². The van der Waals surface area contributed by atoms with Gasteiger partial charge in [0.2, 0.25) is 0 Å². The third kappa shape index (κ3) is 1.19. The van der Waals surface area contributed by atoms with Gasteiger partial charge in [0.05, 0.1) is 0 Å². The van der Waals surface area contributed by atoms with Gasteiger partial charge in [0.15, 0.2) is 0 Å². The first-order valence-electron chi connectivity index (χ1n) is 2.77. The maximum atomic E-state index is 10.5. The zero-order valence-electron chi connectivity index (χ0n) is 5.47. The van der Waals surface area contributed by atoms with Crippen LogP contribution in [-0.4, -0.2) is 0 Å². The number of hydrogen-bond donors (Lipinski definition) is 0. The van der Waals surface area contributed by atoms with Crippen molar-refractivity contribution in [3.8, 4) is 0 Å². The van der Waals surface area contributed by atoms with Crippen LogP contribution in [0, 0.1) is 13.8 Å². The average Bonchev–Trinajstić information content (AvgIpc) is 1.80. The standard InChI is InChI=1S/C7H8O2/c1-5-3-4-7(8)9-6(5)2/h3-4H,1-2H3. The molecule has 0 aliphatic heterocycles. The highest BCUT2D eigenvalue weighted by molar-refractivity contribution is 5.12. The Hall–Kier alpha value is -1.05. The monoisotopic (exact) mass is 124 g/mol. The first-order chi connectivity index (χ1) is 4.20. The normalized spacial score (nSPS) is 9.56. The Morgan fingerprint density at radius 1 is 1.33 bits per heavy atom. The van der Waals surface area contributed by atoms with E-state index < -0.39 is 0 Å². The van der Waals surface area contributed by atoms with E-state index in [1.54, 1.807) is 13.0 Å². The smallest absolute Gasteiger partial charge is 0.335 e. The molecule has 0 amide bonds. The molecule has 2 heteroatoms. The van der Waals surface area contributed by atoms with Gasteiger partial charge in [-0.3, -0.25) is 0 Å². The Balaban J connectivity index is 3.34. The molecule has 0 saturated heterocycles. The molecule has 0 N–H and O–H groups in total. The summed E-state index contributed by atoms with van der Waals surface area (Å²) in [6.45, 7) is 3.68. The van der Waals surface area contributed by atoms with Gasteiger partial charge in [-0.25, -0.2) is 4.79 Å². The van der Waals surface area contributed by atoms with Gasteiger partial charge >= 0.3 is 5.63 Å². The molecule has 48 valence electrons. The van der Waals surface area contributed by atoms with Crippen molar-refractivity contribution in [2.45, 2.75) is 13.8 Å². The molecule has 2 nitrogen and oxygen atoms in total. The molecule has 0 bridgehead atoms. The maximum Gasteiger partial charge on any atom is 0.335 e. The van der Waals surface area contributed by atoms with Crippen molar-refractivity contribution in [1.29, 1.82) is 0 Å². The summed E-state index contributed by atoms with van der Waals surface area (Å²) in [7, 11) is 0. The van der Waals surface area contributed by atoms with Crippen LogP contribution in [0.2, 0.25) is 0 Å². The number of rotatable bonds is 0. The minimum atomic E-state index is -0.280. The lowest BCUT2D eigenvalue weighted by Gasteiger charge is -1.92. The topological polar surface area (TPSA) is 30.2 Å². The summed E-state index contributed by atoms with van der Waals surface area (Å²) in [5.74, 6) is 0.697. The van der Waals surface area contributed by atoms with E-state index in [2.05, 4.69) is 0 Å². The SMILES string of the molecule is Cc1ccc(=O)oc1C. The van der Waals surface area contributed by atoms with Crippen LogP contribution < -0.4 is 5.63 Å². The van der Waals surface area contributed by atoms with Crippen LogP contribution in [-0.2, 0) is 0 Å². The minimum absolute atomic E-state index is 0.280. The van der Waals surface area contributed by atoms with Gasteiger partial charge in [-0.2, -0.15) is 0 Å². The minimum Gasteiger partial charge on any atom is -0.428 e. The molecule has 9 heavy (non-hydrogen) atoms. The van der Waals surface area contributed by atoms with Crippen molar-refractivity contribution in [3.05, 3.63) is 33.9 Å². The van der Waals surface area contributed by atoms with Crippen LogP contribution in [0.1, 0.15) is 11.3 Å². The van der Waals surface area contributed by atoms with Crippen LogP contribution in [0.3, 0.4) is 0 Å². The largest absolute Gasteiger partial charge is 0.428 e. The Morgan fingerprint density at radius 3 is 2.44 bits per heavy atom. The van der Waals surface area contributed by atoms with E-state index in [4.69, 9.17) is 4.42 Å². The van der Waals surface area contributed by atoms with Crippen molar-refractivity contribution >= 4 is 0 Å². The highest BCUT2D eigenvalue weighted by Gasteiger charge is 1.91. The molecule has 1 heterocycles. The highest BCUT2D eigenvalue weighted by atomic mass is 16.4. The van der Waals surface area contributed by atoms with Gasteiger partial charge in [0.25, 0.3) is 0 Å². The van der Waals surface area contributed by atoms with Crippen LogP contribution in [0.4, 0.5) is 0 Å².